The van der Waals surface area contributed by atoms with Crippen molar-refractivity contribution in [2.75, 3.05) is 5.32 Å². The Labute approximate surface area is 170 Å². The highest BCUT2D eigenvalue weighted by molar-refractivity contribution is 7.99. The van der Waals surface area contributed by atoms with Crippen molar-refractivity contribution in [3.63, 3.8) is 0 Å². The molecular formula is C19H16Cl2N2OS2. The average molecular weight is 423 g/mol. The standard InChI is InChI=1S/C19H16Cl2N2OS2/c1-11(2)26-14-6-3-12(4-7-14)18(24)23-19-22-17(10-25-19)15-9-13(20)5-8-16(15)21/h3-11H,1-2H3,(H,22,23,24). The predicted molar refractivity (Wildman–Crippen MR) is 113 cm³/mol. The Morgan fingerprint density at radius 3 is 2.58 bits per heavy atom. The Morgan fingerprint density at radius 2 is 1.88 bits per heavy atom. The molecule has 0 radical (unpaired) electrons. The molecule has 26 heavy (non-hydrogen) atoms. The summed E-state index contributed by atoms with van der Waals surface area (Å²) in [4.78, 5) is 18.0. The van der Waals surface area contributed by atoms with Crippen molar-refractivity contribution in [1.29, 1.82) is 0 Å². The molecule has 0 spiro atoms. The van der Waals surface area contributed by atoms with Crippen molar-refractivity contribution in [3.8, 4) is 11.3 Å². The quantitative estimate of drug-likeness (QED) is 0.456. The minimum Gasteiger partial charge on any atom is -0.298 e. The summed E-state index contributed by atoms with van der Waals surface area (Å²) in [5.41, 5.74) is 2.02. The first kappa shape index (κ1) is 19.2. The zero-order chi connectivity index (χ0) is 18.7. The van der Waals surface area contributed by atoms with Gasteiger partial charge in [0.25, 0.3) is 5.91 Å². The summed E-state index contributed by atoms with van der Waals surface area (Å²) in [5, 5.41) is 6.84. The van der Waals surface area contributed by atoms with E-state index in [4.69, 9.17) is 23.2 Å². The van der Waals surface area contributed by atoms with E-state index in [9.17, 15) is 4.79 Å². The third-order valence-electron chi connectivity index (χ3n) is 3.42. The van der Waals surface area contributed by atoms with Crippen molar-refractivity contribution < 1.29 is 4.79 Å². The van der Waals surface area contributed by atoms with E-state index in [-0.39, 0.29) is 5.91 Å². The number of nitrogens with one attached hydrogen (secondary N) is 1. The van der Waals surface area contributed by atoms with Crippen molar-refractivity contribution in [2.24, 2.45) is 0 Å². The lowest BCUT2D eigenvalue weighted by Gasteiger charge is -2.06. The summed E-state index contributed by atoms with van der Waals surface area (Å²) in [6.45, 7) is 4.27. The number of thiazole rings is 1. The zero-order valence-electron chi connectivity index (χ0n) is 14.1. The molecule has 1 N–H and O–H groups in total. The van der Waals surface area contributed by atoms with Crippen molar-refractivity contribution in [2.45, 2.75) is 24.0 Å². The van der Waals surface area contributed by atoms with Crippen LogP contribution in [0.25, 0.3) is 11.3 Å². The molecule has 134 valence electrons. The minimum atomic E-state index is -0.191. The van der Waals surface area contributed by atoms with Crippen LogP contribution in [0, 0.1) is 0 Å². The second-order valence-corrected chi connectivity index (χ2v) is 9.16. The number of hydrogen-bond donors (Lipinski definition) is 1. The van der Waals surface area contributed by atoms with E-state index < -0.39 is 0 Å². The van der Waals surface area contributed by atoms with Gasteiger partial charge in [0.1, 0.15) is 0 Å². The van der Waals surface area contributed by atoms with Gasteiger partial charge in [0.15, 0.2) is 5.13 Å². The monoisotopic (exact) mass is 422 g/mol. The lowest BCUT2D eigenvalue weighted by atomic mass is 10.2. The molecule has 1 amide bonds. The van der Waals surface area contributed by atoms with Crippen molar-refractivity contribution in [3.05, 3.63) is 63.5 Å². The molecule has 0 unspecified atom stereocenters. The Hall–Kier alpha value is -1.53. The lowest BCUT2D eigenvalue weighted by molar-refractivity contribution is 0.102. The topological polar surface area (TPSA) is 42.0 Å². The van der Waals surface area contributed by atoms with E-state index >= 15 is 0 Å². The first-order valence-corrected chi connectivity index (χ1v) is 10.4. The number of benzene rings is 2. The fourth-order valence-corrected chi connectivity index (χ4v) is 4.20. The number of nitrogens with zero attached hydrogens (tertiary/aromatic N) is 1. The van der Waals surface area contributed by atoms with E-state index in [0.29, 0.717) is 31.7 Å². The molecule has 2 aromatic carbocycles. The average Bonchev–Trinajstić information content (AvgIpc) is 3.05. The Morgan fingerprint density at radius 1 is 1.15 bits per heavy atom. The zero-order valence-corrected chi connectivity index (χ0v) is 17.3. The number of carbonyl (C=O) groups is 1. The molecule has 3 rings (SSSR count). The van der Waals surface area contributed by atoms with Crippen LogP contribution in [-0.2, 0) is 0 Å². The second-order valence-electron chi connectivity index (χ2n) is 5.81. The molecule has 7 heteroatoms. The highest BCUT2D eigenvalue weighted by Crippen LogP contribution is 2.32. The van der Waals surface area contributed by atoms with E-state index in [2.05, 4.69) is 24.1 Å². The smallest absolute Gasteiger partial charge is 0.257 e. The maximum absolute atomic E-state index is 12.4. The van der Waals surface area contributed by atoms with Crippen LogP contribution >= 0.6 is 46.3 Å². The molecule has 0 fully saturated rings. The van der Waals surface area contributed by atoms with Gasteiger partial charge in [0.2, 0.25) is 0 Å². The second kappa shape index (κ2) is 8.44. The molecule has 0 bridgehead atoms. The summed E-state index contributed by atoms with van der Waals surface area (Å²) < 4.78 is 0. The van der Waals surface area contributed by atoms with Gasteiger partial charge < -0.3 is 0 Å². The number of thioether (sulfide) groups is 1. The number of carbonyl (C=O) groups excluding carboxylic acids is 1. The third kappa shape index (κ3) is 4.80. The van der Waals surface area contributed by atoms with E-state index in [1.807, 2.05) is 29.6 Å². The van der Waals surface area contributed by atoms with Crippen LogP contribution < -0.4 is 5.32 Å². The van der Waals surface area contributed by atoms with Crippen molar-refractivity contribution >= 4 is 57.3 Å². The van der Waals surface area contributed by atoms with E-state index in [1.165, 1.54) is 11.3 Å². The molecule has 1 aromatic heterocycles. The minimum absolute atomic E-state index is 0.191. The Balaban J connectivity index is 1.72. The number of rotatable bonds is 5. The predicted octanol–water partition coefficient (Wildman–Crippen LogP) is 6.87. The SMILES string of the molecule is CC(C)Sc1ccc(C(=O)Nc2nc(-c3cc(Cl)ccc3Cl)cs2)cc1. The number of hydrogen-bond acceptors (Lipinski definition) is 4. The van der Waals surface area contributed by atoms with Gasteiger partial charge in [-0.05, 0) is 42.5 Å². The van der Waals surface area contributed by atoms with Crippen LogP contribution in [0.3, 0.4) is 0 Å². The van der Waals surface area contributed by atoms with E-state index in [0.717, 1.165) is 10.5 Å². The number of aromatic nitrogens is 1. The van der Waals surface area contributed by atoms with Crippen LogP contribution in [0.4, 0.5) is 5.13 Å². The van der Waals surface area contributed by atoms with Gasteiger partial charge in [0, 0.05) is 31.7 Å². The van der Waals surface area contributed by atoms with E-state index in [1.54, 1.807) is 30.0 Å². The van der Waals surface area contributed by atoms with Crippen LogP contribution in [0.15, 0.2) is 52.7 Å². The summed E-state index contributed by atoms with van der Waals surface area (Å²) in [6, 6.07) is 12.8. The molecule has 3 nitrogen and oxygen atoms in total. The lowest BCUT2D eigenvalue weighted by Crippen LogP contribution is -2.11. The first-order valence-electron chi connectivity index (χ1n) is 7.91. The van der Waals surface area contributed by atoms with Crippen LogP contribution in [0.5, 0.6) is 0 Å². The largest absolute Gasteiger partial charge is 0.298 e. The van der Waals surface area contributed by atoms with Gasteiger partial charge in [-0.15, -0.1) is 23.1 Å². The first-order chi connectivity index (χ1) is 12.4. The molecule has 1 heterocycles. The molecule has 0 saturated heterocycles. The summed E-state index contributed by atoms with van der Waals surface area (Å²) in [7, 11) is 0. The molecule has 3 aromatic rings. The number of halogens is 2. The summed E-state index contributed by atoms with van der Waals surface area (Å²) in [5.74, 6) is -0.191. The molecule has 0 atom stereocenters. The maximum Gasteiger partial charge on any atom is 0.257 e. The fraction of sp³-hybridized carbons (Fsp3) is 0.158. The van der Waals surface area contributed by atoms with Crippen LogP contribution in [0.2, 0.25) is 10.0 Å². The maximum atomic E-state index is 12.4. The highest BCUT2D eigenvalue weighted by Gasteiger charge is 2.12. The van der Waals surface area contributed by atoms with Crippen molar-refractivity contribution in [1.82, 2.24) is 4.98 Å². The van der Waals surface area contributed by atoms with Gasteiger partial charge >= 0.3 is 0 Å². The molecule has 0 saturated carbocycles. The van der Waals surface area contributed by atoms with Gasteiger partial charge in [-0.3, -0.25) is 10.1 Å². The molecule has 0 aliphatic heterocycles. The molecule has 0 aliphatic rings. The van der Waals surface area contributed by atoms with Gasteiger partial charge in [-0.2, -0.15) is 0 Å². The van der Waals surface area contributed by atoms with Crippen LogP contribution in [0.1, 0.15) is 24.2 Å². The summed E-state index contributed by atoms with van der Waals surface area (Å²) in [6.07, 6.45) is 0. The highest BCUT2D eigenvalue weighted by atomic mass is 35.5. The summed E-state index contributed by atoms with van der Waals surface area (Å²) >= 11 is 15.3. The van der Waals surface area contributed by atoms with Gasteiger partial charge in [0.05, 0.1) is 10.7 Å². The molecular weight excluding hydrogens is 407 g/mol. The normalized spacial score (nSPS) is 11.0. The fourth-order valence-electron chi connectivity index (χ4n) is 2.27. The van der Waals surface area contributed by atoms with Crippen LogP contribution in [-0.4, -0.2) is 16.1 Å². The Bertz CT molecular complexity index is 924. The number of amides is 1. The molecule has 0 aliphatic carbocycles. The third-order valence-corrected chi connectivity index (χ3v) is 5.76. The number of anilines is 1. The Kier molecular flexibility index (Phi) is 6.24. The van der Waals surface area contributed by atoms with Gasteiger partial charge in [-0.1, -0.05) is 37.0 Å². The van der Waals surface area contributed by atoms with Gasteiger partial charge in [-0.25, -0.2) is 4.98 Å².